The lowest BCUT2D eigenvalue weighted by Gasteiger charge is -2.27. The Morgan fingerprint density at radius 3 is 2.16 bits per heavy atom. The van der Waals surface area contributed by atoms with Crippen molar-refractivity contribution in [3.05, 3.63) is 94.0 Å². The first-order valence-electron chi connectivity index (χ1n) is 16.1. The van der Waals surface area contributed by atoms with Gasteiger partial charge in [-0.1, -0.05) is 35.3 Å². The van der Waals surface area contributed by atoms with Crippen LogP contribution in [0.25, 0.3) is 0 Å². The van der Waals surface area contributed by atoms with Crippen molar-refractivity contribution >= 4 is 58.2 Å². The summed E-state index contributed by atoms with van der Waals surface area (Å²) in [6, 6.07) is 13.5. The molecular weight excluding hydrogens is 710 g/mol. The second-order valence-electron chi connectivity index (χ2n) is 13.6. The molecule has 3 amide bonds. The first-order chi connectivity index (χ1) is 24.0. The Labute approximate surface area is 300 Å². The zero-order valence-electron chi connectivity index (χ0n) is 27.6. The Bertz CT molecular complexity index is 2030. The molecule has 0 bridgehead atoms. The molecular formula is C35H32Cl2F3N7O4. The molecule has 0 saturated heterocycles. The van der Waals surface area contributed by atoms with E-state index in [9.17, 15) is 27.6 Å². The predicted molar refractivity (Wildman–Crippen MR) is 183 cm³/mol. The van der Waals surface area contributed by atoms with E-state index in [0.717, 1.165) is 23.5 Å². The highest BCUT2D eigenvalue weighted by atomic mass is 35.5. The fraction of sp³-hybridized carbons (Fsp3) is 0.343. The van der Waals surface area contributed by atoms with Gasteiger partial charge in [-0.2, -0.15) is 0 Å². The van der Waals surface area contributed by atoms with Crippen molar-refractivity contribution < 1.29 is 32.3 Å². The molecule has 1 aliphatic heterocycles. The molecule has 2 fully saturated rings. The van der Waals surface area contributed by atoms with Crippen molar-refractivity contribution in [3.63, 3.8) is 0 Å². The van der Waals surface area contributed by atoms with Crippen LogP contribution in [0.1, 0.15) is 54.4 Å². The molecule has 2 saturated carbocycles. The van der Waals surface area contributed by atoms with Gasteiger partial charge in [0, 0.05) is 30.6 Å². The van der Waals surface area contributed by atoms with E-state index in [1.54, 1.807) is 13.1 Å². The number of carbonyl (C=O) groups excluding carboxylic acids is 3. The average Bonchev–Trinajstić information content (AvgIpc) is 3.96. The number of fused-ring (bicyclic) bond motifs is 1. The first kappa shape index (κ1) is 34.6. The van der Waals surface area contributed by atoms with Crippen LogP contribution in [0.5, 0.6) is 5.75 Å². The van der Waals surface area contributed by atoms with Gasteiger partial charge in [-0.15, -0.1) is 13.2 Å². The number of ether oxygens (including phenoxy) is 1. The Balaban J connectivity index is 1.18. The molecule has 266 valence electrons. The fourth-order valence-corrected chi connectivity index (χ4v) is 7.01. The molecule has 2 aromatic carbocycles. The van der Waals surface area contributed by atoms with Crippen LogP contribution < -0.4 is 25.2 Å². The Morgan fingerprint density at radius 1 is 0.941 bits per heavy atom. The van der Waals surface area contributed by atoms with Crippen LogP contribution in [0.4, 0.5) is 30.5 Å². The second-order valence-corrected chi connectivity index (χ2v) is 14.4. The van der Waals surface area contributed by atoms with E-state index in [-0.39, 0.29) is 34.0 Å². The van der Waals surface area contributed by atoms with E-state index in [1.807, 2.05) is 31.1 Å². The minimum absolute atomic E-state index is 0.00894. The summed E-state index contributed by atoms with van der Waals surface area (Å²) < 4.78 is 43.9. The van der Waals surface area contributed by atoms with Gasteiger partial charge in [0.15, 0.2) is 0 Å². The zero-order valence-corrected chi connectivity index (χ0v) is 29.2. The van der Waals surface area contributed by atoms with Crippen molar-refractivity contribution in [3.8, 4) is 5.75 Å². The predicted octanol–water partition coefficient (Wildman–Crippen LogP) is 6.25. The van der Waals surface area contributed by atoms with Crippen molar-refractivity contribution in [2.45, 2.75) is 62.0 Å². The molecule has 3 heterocycles. The monoisotopic (exact) mass is 741 g/mol. The maximum atomic E-state index is 14.4. The van der Waals surface area contributed by atoms with Crippen molar-refractivity contribution in [1.29, 1.82) is 0 Å². The smallest absolute Gasteiger partial charge is 0.406 e. The minimum atomic E-state index is -4.87. The summed E-state index contributed by atoms with van der Waals surface area (Å²) in [7, 11) is 3.83. The summed E-state index contributed by atoms with van der Waals surface area (Å²) in [5.41, 5.74) is -0.832. The molecule has 2 N–H and O–H groups in total. The number of nitrogens with one attached hydrogen (secondary N) is 2. The highest BCUT2D eigenvalue weighted by Gasteiger charge is 2.57. The molecule has 3 aliphatic rings. The lowest BCUT2D eigenvalue weighted by molar-refractivity contribution is -0.274. The van der Waals surface area contributed by atoms with Gasteiger partial charge in [-0.3, -0.25) is 23.9 Å². The Morgan fingerprint density at radius 2 is 1.61 bits per heavy atom. The standard InChI is InChI=1S/C35H32Cl2F3N7O4/c1-32(17-20-4-7-25(8-5-20)51-35(38,39)40)30(50)46(24-15-21(36)14-22(37)16-24)31-42-19-26(47(31)32)28(48)43-34(12-13-34)29(49)44-33(10-11-33)27-9-6-23(18-41-27)45(2)3/h4-9,14-16,18-19H,10-13,17H2,1-3H3,(H,43,48)(H,44,49)/t32-/m1/s1. The SMILES string of the molecule is CN(C)c1ccc(C2(NC(=O)C3(NC(=O)c4cnc5n4[C@](C)(Cc4ccc(OC(F)(F)F)cc4)C(=O)N5c4cc(Cl)cc(Cl)c4)CC3)CC2)nc1. The fourth-order valence-electron chi connectivity index (χ4n) is 6.49. The van der Waals surface area contributed by atoms with Gasteiger partial charge >= 0.3 is 6.36 Å². The molecule has 51 heavy (non-hydrogen) atoms. The number of benzene rings is 2. The van der Waals surface area contributed by atoms with Gasteiger partial charge in [0.25, 0.3) is 11.8 Å². The number of anilines is 3. The van der Waals surface area contributed by atoms with Crippen molar-refractivity contribution in [2.24, 2.45) is 0 Å². The molecule has 1 atom stereocenters. The van der Waals surface area contributed by atoms with E-state index in [4.69, 9.17) is 23.2 Å². The van der Waals surface area contributed by atoms with E-state index >= 15 is 0 Å². The molecule has 0 unspecified atom stereocenters. The molecule has 2 aromatic heterocycles. The molecule has 11 nitrogen and oxygen atoms in total. The van der Waals surface area contributed by atoms with Crippen molar-refractivity contribution in [2.75, 3.05) is 23.9 Å². The largest absolute Gasteiger partial charge is 0.573 e. The summed E-state index contributed by atoms with van der Waals surface area (Å²) in [5.74, 6) is -1.77. The number of carbonyl (C=O) groups is 3. The maximum Gasteiger partial charge on any atom is 0.573 e. The van der Waals surface area contributed by atoms with Crippen LogP contribution in [-0.4, -0.2) is 58.3 Å². The lowest BCUT2D eigenvalue weighted by atomic mass is 9.91. The normalized spacial score (nSPS) is 19.7. The van der Waals surface area contributed by atoms with Gasteiger partial charge in [0.1, 0.15) is 22.5 Å². The third-order valence-corrected chi connectivity index (χ3v) is 9.98. The Kier molecular flexibility index (Phi) is 8.25. The quantitative estimate of drug-likeness (QED) is 0.197. The molecule has 2 aliphatic carbocycles. The van der Waals surface area contributed by atoms with Gasteiger partial charge in [0.2, 0.25) is 11.9 Å². The van der Waals surface area contributed by atoms with Crippen LogP contribution in [-0.2, 0) is 27.1 Å². The van der Waals surface area contributed by atoms with Gasteiger partial charge in [0.05, 0.1) is 35.0 Å². The number of hydrogen-bond acceptors (Lipinski definition) is 7. The minimum Gasteiger partial charge on any atom is -0.406 e. The summed E-state index contributed by atoms with van der Waals surface area (Å²) in [5, 5.41) is 6.56. The van der Waals surface area contributed by atoms with E-state index in [0.29, 0.717) is 36.9 Å². The van der Waals surface area contributed by atoms with Crippen LogP contribution in [0.15, 0.2) is 67.0 Å². The molecule has 0 spiro atoms. The lowest BCUT2D eigenvalue weighted by Crippen LogP contribution is -2.52. The van der Waals surface area contributed by atoms with E-state index in [1.165, 1.54) is 46.0 Å². The number of hydrogen-bond donors (Lipinski definition) is 2. The number of pyridine rings is 1. The first-order valence-corrected chi connectivity index (χ1v) is 16.8. The molecule has 0 radical (unpaired) electrons. The Hall–Kier alpha value is -4.82. The molecule has 7 rings (SSSR count). The number of alkyl halides is 3. The van der Waals surface area contributed by atoms with Crippen LogP contribution in [0.2, 0.25) is 10.0 Å². The number of nitrogens with zero attached hydrogens (tertiary/aromatic N) is 5. The zero-order chi connectivity index (χ0) is 36.5. The van der Waals surface area contributed by atoms with Gasteiger partial charge in [-0.25, -0.2) is 9.88 Å². The molecule has 4 aromatic rings. The van der Waals surface area contributed by atoms with Crippen LogP contribution in [0.3, 0.4) is 0 Å². The molecule has 16 heteroatoms. The summed E-state index contributed by atoms with van der Waals surface area (Å²) in [6.45, 7) is 1.61. The van der Waals surface area contributed by atoms with E-state index < -0.39 is 40.5 Å². The summed E-state index contributed by atoms with van der Waals surface area (Å²) in [4.78, 5) is 54.5. The highest BCUT2D eigenvalue weighted by Crippen LogP contribution is 2.48. The number of aromatic nitrogens is 3. The third kappa shape index (κ3) is 6.46. The van der Waals surface area contributed by atoms with Crippen LogP contribution >= 0.6 is 23.2 Å². The topological polar surface area (TPSA) is 122 Å². The third-order valence-electron chi connectivity index (χ3n) is 9.54. The highest BCUT2D eigenvalue weighted by molar-refractivity contribution is 6.35. The number of amides is 3. The van der Waals surface area contributed by atoms with Crippen LogP contribution in [0, 0.1) is 0 Å². The summed E-state index contributed by atoms with van der Waals surface area (Å²) in [6.07, 6.45) is 0.391. The average molecular weight is 743 g/mol. The summed E-state index contributed by atoms with van der Waals surface area (Å²) >= 11 is 12.6. The maximum absolute atomic E-state index is 14.4. The van der Waals surface area contributed by atoms with Crippen molar-refractivity contribution in [1.82, 2.24) is 25.2 Å². The number of halogens is 5. The van der Waals surface area contributed by atoms with Gasteiger partial charge in [-0.05, 0) is 80.6 Å². The second kappa shape index (κ2) is 12.2. The number of imidazole rings is 1. The van der Waals surface area contributed by atoms with E-state index in [2.05, 4.69) is 25.3 Å². The van der Waals surface area contributed by atoms with Gasteiger partial charge < -0.3 is 20.3 Å². The number of rotatable bonds is 10.